The van der Waals surface area contributed by atoms with Crippen LogP contribution in [0.1, 0.15) is 20.8 Å². The van der Waals surface area contributed by atoms with Gasteiger partial charge < -0.3 is 19.5 Å². The Balaban J connectivity index is 1.58. The molecule has 0 bridgehead atoms. The lowest BCUT2D eigenvalue weighted by Crippen LogP contribution is -2.14. The predicted molar refractivity (Wildman–Crippen MR) is 132 cm³/mol. The van der Waals surface area contributed by atoms with Gasteiger partial charge in [0, 0.05) is 17.1 Å². The Kier molecular flexibility index (Phi) is 5.25. The quantitative estimate of drug-likeness (QED) is 0.368. The first-order valence-electron chi connectivity index (χ1n) is 10.4. The third kappa shape index (κ3) is 3.75. The standard InChI is InChI=1S/C25H19N3O5S/c1-12-4-7-15(8-5-12)26-23(30)20-13(2)19-22(29)27-21(28-24(19)34-20)17-10-14-6-9-16(32-3)11-18(14)33-25(17)31/h4-11H,1-3H3,(H,26,30)(H,27,28,29). The molecule has 0 unspecified atom stereocenters. The second-order valence-electron chi connectivity index (χ2n) is 7.82. The van der Waals surface area contributed by atoms with Crippen LogP contribution >= 0.6 is 11.3 Å². The second-order valence-corrected chi connectivity index (χ2v) is 8.82. The van der Waals surface area contributed by atoms with E-state index in [4.69, 9.17) is 9.15 Å². The van der Waals surface area contributed by atoms with Crippen molar-refractivity contribution < 1.29 is 13.9 Å². The molecule has 8 nitrogen and oxygen atoms in total. The van der Waals surface area contributed by atoms with Gasteiger partial charge in [0.05, 0.1) is 17.4 Å². The summed E-state index contributed by atoms with van der Waals surface area (Å²) in [4.78, 5) is 46.4. The molecule has 170 valence electrons. The second kappa shape index (κ2) is 8.27. The molecule has 0 aliphatic carbocycles. The molecule has 0 radical (unpaired) electrons. The highest BCUT2D eigenvalue weighted by Crippen LogP contribution is 2.29. The van der Waals surface area contributed by atoms with Crippen LogP contribution in [0.15, 0.2) is 62.5 Å². The van der Waals surface area contributed by atoms with Gasteiger partial charge in [-0.2, -0.15) is 0 Å². The Morgan fingerprint density at radius 1 is 1.09 bits per heavy atom. The molecule has 34 heavy (non-hydrogen) atoms. The van der Waals surface area contributed by atoms with Crippen molar-refractivity contribution in [3.63, 3.8) is 0 Å². The summed E-state index contributed by atoms with van der Waals surface area (Å²) < 4.78 is 10.6. The first-order valence-corrected chi connectivity index (χ1v) is 11.2. The van der Waals surface area contributed by atoms with Gasteiger partial charge in [0.15, 0.2) is 0 Å². The van der Waals surface area contributed by atoms with Crippen LogP contribution < -0.4 is 21.2 Å². The van der Waals surface area contributed by atoms with Gasteiger partial charge in [0.2, 0.25) is 0 Å². The minimum atomic E-state index is -0.645. The Bertz CT molecular complexity index is 1700. The van der Waals surface area contributed by atoms with Gasteiger partial charge in [-0.3, -0.25) is 9.59 Å². The molecule has 3 aromatic heterocycles. The summed E-state index contributed by atoms with van der Waals surface area (Å²) in [6.07, 6.45) is 0. The molecule has 0 fully saturated rings. The van der Waals surface area contributed by atoms with Crippen molar-refractivity contribution in [2.75, 3.05) is 12.4 Å². The summed E-state index contributed by atoms with van der Waals surface area (Å²) in [5.41, 5.74) is 1.66. The molecule has 3 heterocycles. The Morgan fingerprint density at radius 2 is 1.85 bits per heavy atom. The summed E-state index contributed by atoms with van der Waals surface area (Å²) in [7, 11) is 1.52. The van der Waals surface area contributed by atoms with E-state index in [1.165, 1.54) is 7.11 Å². The normalized spacial score (nSPS) is 11.1. The lowest BCUT2D eigenvalue weighted by Gasteiger charge is -2.04. The molecule has 9 heteroatoms. The van der Waals surface area contributed by atoms with Gasteiger partial charge in [-0.15, -0.1) is 11.3 Å². The fourth-order valence-corrected chi connectivity index (χ4v) is 4.77. The lowest BCUT2D eigenvalue weighted by atomic mass is 10.1. The van der Waals surface area contributed by atoms with E-state index in [-0.39, 0.29) is 17.3 Å². The molecular formula is C25H19N3O5S. The summed E-state index contributed by atoms with van der Waals surface area (Å²) in [6, 6.07) is 14.1. The summed E-state index contributed by atoms with van der Waals surface area (Å²) in [5.74, 6) is 0.307. The first-order chi connectivity index (χ1) is 16.3. The van der Waals surface area contributed by atoms with E-state index in [0.717, 1.165) is 16.9 Å². The fourth-order valence-electron chi connectivity index (χ4n) is 3.70. The maximum atomic E-state index is 12.9. The Morgan fingerprint density at radius 3 is 2.59 bits per heavy atom. The zero-order chi connectivity index (χ0) is 24.0. The third-order valence-electron chi connectivity index (χ3n) is 5.51. The maximum Gasteiger partial charge on any atom is 0.347 e. The largest absolute Gasteiger partial charge is 0.497 e. The van der Waals surface area contributed by atoms with Crippen LogP contribution in [0.25, 0.3) is 32.6 Å². The average Bonchev–Trinajstić information content (AvgIpc) is 3.16. The van der Waals surface area contributed by atoms with Crippen molar-refractivity contribution in [2.45, 2.75) is 13.8 Å². The number of nitrogens with one attached hydrogen (secondary N) is 2. The number of benzene rings is 2. The van der Waals surface area contributed by atoms with Gasteiger partial charge in [0.25, 0.3) is 11.5 Å². The molecule has 0 saturated heterocycles. The van der Waals surface area contributed by atoms with Crippen molar-refractivity contribution in [3.05, 3.63) is 85.3 Å². The smallest absolute Gasteiger partial charge is 0.347 e. The third-order valence-corrected chi connectivity index (χ3v) is 6.70. The predicted octanol–water partition coefficient (Wildman–Crippen LogP) is 4.64. The number of rotatable bonds is 4. The average molecular weight is 474 g/mol. The number of carbonyl (C=O) groups is 1. The minimum Gasteiger partial charge on any atom is -0.497 e. The number of nitrogens with zero attached hydrogens (tertiary/aromatic N) is 1. The van der Waals surface area contributed by atoms with Gasteiger partial charge in [-0.1, -0.05) is 17.7 Å². The summed E-state index contributed by atoms with van der Waals surface area (Å²) in [6.45, 7) is 3.67. The molecule has 5 aromatic rings. The topological polar surface area (TPSA) is 114 Å². The number of carbonyl (C=O) groups excluding carboxylic acids is 1. The summed E-state index contributed by atoms with van der Waals surface area (Å²) >= 11 is 1.10. The van der Waals surface area contributed by atoms with Crippen LogP contribution in [0.4, 0.5) is 5.69 Å². The highest BCUT2D eigenvalue weighted by Gasteiger charge is 2.21. The van der Waals surface area contributed by atoms with E-state index in [2.05, 4.69) is 15.3 Å². The molecule has 1 amide bonds. The van der Waals surface area contributed by atoms with Crippen LogP contribution in [-0.4, -0.2) is 23.0 Å². The molecule has 0 aliphatic heterocycles. The highest BCUT2D eigenvalue weighted by molar-refractivity contribution is 7.20. The maximum absolute atomic E-state index is 12.9. The number of aromatic nitrogens is 2. The van der Waals surface area contributed by atoms with Crippen molar-refractivity contribution in [3.8, 4) is 17.1 Å². The molecule has 5 rings (SSSR count). The number of amides is 1. The van der Waals surface area contributed by atoms with E-state index in [9.17, 15) is 14.4 Å². The van der Waals surface area contributed by atoms with Gasteiger partial charge >= 0.3 is 5.63 Å². The molecule has 0 spiro atoms. The van der Waals surface area contributed by atoms with Crippen molar-refractivity contribution in [1.29, 1.82) is 0 Å². The Labute approximate surface area is 196 Å². The van der Waals surface area contributed by atoms with Crippen molar-refractivity contribution in [2.24, 2.45) is 0 Å². The lowest BCUT2D eigenvalue weighted by molar-refractivity contribution is 0.103. The first kappa shape index (κ1) is 21.6. The van der Waals surface area contributed by atoms with E-state index in [1.807, 2.05) is 31.2 Å². The molecule has 0 atom stereocenters. The van der Waals surface area contributed by atoms with Crippen LogP contribution in [0.2, 0.25) is 0 Å². The molecular weight excluding hydrogens is 454 g/mol. The SMILES string of the molecule is COc1ccc2cc(-c3nc4sc(C(=O)Nc5ccc(C)cc5)c(C)c4c(=O)[nH]3)c(=O)oc2c1. The minimum absolute atomic E-state index is 0.0794. The molecule has 2 N–H and O–H groups in total. The monoisotopic (exact) mass is 473 g/mol. The van der Waals surface area contributed by atoms with Crippen molar-refractivity contribution >= 4 is 44.1 Å². The van der Waals surface area contributed by atoms with E-state index in [1.54, 1.807) is 31.2 Å². The van der Waals surface area contributed by atoms with Crippen molar-refractivity contribution in [1.82, 2.24) is 9.97 Å². The Hall–Kier alpha value is -4.24. The fraction of sp³-hybridized carbons (Fsp3) is 0.120. The van der Waals surface area contributed by atoms with Gasteiger partial charge in [-0.05, 0) is 49.7 Å². The van der Waals surface area contributed by atoms with Crippen LogP contribution in [-0.2, 0) is 0 Å². The van der Waals surface area contributed by atoms with Gasteiger partial charge in [-0.25, -0.2) is 9.78 Å². The van der Waals surface area contributed by atoms with Crippen LogP contribution in [0, 0.1) is 13.8 Å². The number of fused-ring (bicyclic) bond motifs is 2. The van der Waals surface area contributed by atoms with E-state index < -0.39 is 11.2 Å². The number of anilines is 1. The number of hydrogen-bond acceptors (Lipinski definition) is 7. The van der Waals surface area contributed by atoms with E-state index in [0.29, 0.717) is 43.1 Å². The molecule has 0 saturated carbocycles. The molecule has 0 aliphatic rings. The zero-order valence-electron chi connectivity index (χ0n) is 18.5. The zero-order valence-corrected chi connectivity index (χ0v) is 19.3. The number of ether oxygens (including phenoxy) is 1. The van der Waals surface area contributed by atoms with Gasteiger partial charge in [0.1, 0.15) is 27.6 Å². The summed E-state index contributed by atoms with van der Waals surface area (Å²) in [5, 5.41) is 3.82. The number of aromatic amines is 1. The molecule has 2 aromatic carbocycles. The van der Waals surface area contributed by atoms with Crippen LogP contribution in [0.5, 0.6) is 5.75 Å². The number of thiophene rings is 1. The number of aryl methyl sites for hydroxylation is 2. The number of methoxy groups -OCH3 is 1. The van der Waals surface area contributed by atoms with E-state index >= 15 is 0 Å². The number of H-pyrrole nitrogens is 1. The highest BCUT2D eigenvalue weighted by atomic mass is 32.1. The number of hydrogen-bond donors (Lipinski definition) is 2. The van der Waals surface area contributed by atoms with Crippen LogP contribution in [0.3, 0.4) is 0 Å².